The van der Waals surface area contributed by atoms with Crippen LogP contribution in [0.1, 0.15) is 25.7 Å². The van der Waals surface area contributed by atoms with Crippen molar-refractivity contribution < 1.29 is 14.3 Å². The molecule has 4 nitrogen and oxygen atoms in total. The smallest absolute Gasteiger partial charge is 0.318 e. The molecule has 80 valence electrons. The lowest BCUT2D eigenvalue weighted by Gasteiger charge is -2.24. The van der Waals surface area contributed by atoms with Gasteiger partial charge in [0, 0.05) is 6.54 Å². The average Bonchev–Trinajstić information content (AvgIpc) is 2.19. The van der Waals surface area contributed by atoms with Crippen LogP contribution in [0, 0.1) is 5.92 Å². The van der Waals surface area contributed by atoms with Gasteiger partial charge in [0.25, 0.3) is 0 Å². The number of ether oxygens (including phenoxy) is 1. The van der Waals surface area contributed by atoms with Crippen LogP contribution in [-0.4, -0.2) is 30.2 Å². The lowest BCUT2D eigenvalue weighted by atomic mass is 9.98. The second kappa shape index (κ2) is 5.30. The maximum Gasteiger partial charge on any atom is 0.318 e. The zero-order valence-corrected chi connectivity index (χ0v) is 9.52. The van der Waals surface area contributed by atoms with Gasteiger partial charge >= 0.3 is 5.97 Å². The Balaban J connectivity index is 2.68. The number of methoxy groups -OCH3 is 1. The molecule has 1 amide bonds. The molecular formula is C9H16NO3P. The van der Waals surface area contributed by atoms with Gasteiger partial charge < -0.3 is 9.41 Å². The second-order valence-electron chi connectivity index (χ2n) is 3.46. The summed E-state index contributed by atoms with van der Waals surface area (Å²) >= 11 is 0. The quantitative estimate of drug-likeness (QED) is 0.373. The molecule has 0 saturated carbocycles. The molecule has 1 aliphatic heterocycles. The van der Waals surface area contributed by atoms with Gasteiger partial charge in [-0.1, -0.05) is 12.8 Å². The molecule has 1 rings (SSSR count). The molecule has 0 aromatic carbocycles. The number of hydrogen-bond acceptors (Lipinski definition) is 3. The van der Waals surface area contributed by atoms with E-state index < -0.39 is 11.9 Å². The Morgan fingerprint density at radius 1 is 1.50 bits per heavy atom. The van der Waals surface area contributed by atoms with Gasteiger partial charge in [-0.05, 0) is 22.2 Å². The number of nitrogens with zero attached hydrogens (tertiary/aromatic N) is 1. The van der Waals surface area contributed by atoms with Gasteiger partial charge in [-0.25, -0.2) is 0 Å². The Bertz CT molecular complexity index is 232. The van der Waals surface area contributed by atoms with Crippen molar-refractivity contribution in [3.63, 3.8) is 0 Å². The zero-order valence-electron chi connectivity index (χ0n) is 8.36. The van der Waals surface area contributed by atoms with Crippen LogP contribution in [0.2, 0.25) is 0 Å². The standard InChI is InChI=1S/C9H16NO3P/c1-13-9(12)7-5-3-2-4-6-10(14)8(7)11/h7H,2-6,14H2,1H3. The van der Waals surface area contributed by atoms with E-state index in [2.05, 4.69) is 14.1 Å². The third-order valence-electron chi connectivity index (χ3n) is 2.46. The monoisotopic (exact) mass is 217 g/mol. The van der Waals surface area contributed by atoms with Crippen LogP contribution in [0.4, 0.5) is 0 Å². The van der Waals surface area contributed by atoms with Gasteiger partial charge in [-0.15, -0.1) is 0 Å². The van der Waals surface area contributed by atoms with E-state index in [1.807, 2.05) is 0 Å². The van der Waals surface area contributed by atoms with E-state index in [1.165, 1.54) is 7.11 Å². The highest BCUT2D eigenvalue weighted by molar-refractivity contribution is 7.14. The Morgan fingerprint density at radius 2 is 2.21 bits per heavy atom. The van der Waals surface area contributed by atoms with Crippen LogP contribution in [0.25, 0.3) is 0 Å². The summed E-state index contributed by atoms with van der Waals surface area (Å²) in [5.41, 5.74) is 0. The van der Waals surface area contributed by atoms with E-state index in [9.17, 15) is 9.59 Å². The van der Waals surface area contributed by atoms with E-state index >= 15 is 0 Å². The molecule has 0 bridgehead atoms. The van der Waals surface area contributed by atoms with E-state index in [1.54, 1.807) is 4.67 Å². The van der Waals surface area contributed by atoms with Gasteiger partial charge in [-0.3, -0.25) is 9.59 Å². The first kappa shape index (κ1) is 11.4. The molecular weight excluding hydrogens is 201 g/mol. The summed E-state index contributed by atoms with van der Waals surface area (Å²) in [6, 6.07) is 0. The number of esters is 1. The van der Waals surface area contributed by atoms with Gasteiger partial charge in [0.2, 0.25) is 5.91 Å². The minimum absolute atomic E-state index is 0.137. The predicted molar refractivity (Wildman–Crippen MR) is 55.4 cm³/mol. The first-order chi connectivity index (χ1) is 6.66. The number of hydrogen-bond donors (Lipinski definition) is 0. The summed E-state index contributed by atoms with van der Waals surface area (Å²) in [6.45, 7) is 0.705. The summed E-state index contributed by atoms with van der Waals surface area (Å²) in [7, 11) is 3.69. The Labute approximate surface area is 86.2 Å². The fourth-order valence-corrected chi connectivity index (χ4v) is 1.96. The Kier molecular flexibility index (Phi) is 4.33. The number of rotatable bonds is 1. The Hall–Kier alpha value is -0.630. The van der Waals surface area contributed by atoms with Crippen molar-refractivity contribution in [2.24, 2.45) is 5.92 Å². The molecule has 1 aliphatic rings. The fourth-order valence-electron chi connectivity index (χ4n) is 1.60. The summed E-state index contributed by atoms with van der Waals surface area (Å²) in [4.78, 5) is 23.0. The molecule has 0 aromatic rings. The third kappa shape index (κ3) is 2.68. The average molecular weight is 217 g/mol. The zero-order chi connectivity index (χ0) is 10.6. The highest BCUT2D eigenvalue weighted by Gasteiger charge is 2.30. The van der Waals surface area contributed by atoms with Crippen molar-refractivity contribution in [3.05, 3.63) is 0 Å². The lowest BCUT2D eigenvalue weighted by molar-refractivity contribution is -0.152. The van der Waals surface area contributed by atoms with Crippen molar-refractivity contribution in [3.8, 4) is 0 Å². The van der Waals surface area contributed by atoms with Crippen molar-refractivity contribution in [2.45, 2.75) is 25.7 Å². The summed E-state index contributed by atoms with van der Waals surface area (Å²) in [6.07, 6.45) is 3.59. The highest BCUT2D eigenvalue weighted by atomic mass is 31.0. The van der Waals surface area contributed by atoms with E-state index in [0.29, 0.717) is 13.0 Å². The van der Waals surface area contributed by atoms with Gasteiger partial charge in [0.05, 0.1) is 7.11 Å². The van der Waals surface area contributed by atoms with Crippen LogP contribution in [0.5, 0.6) is 0 Å². The predicted octanol–water partition coefficient (Wildman–Crippen LogP) is 0.968. The van der Waals surface area contributed by atoms with E-state index in [-0.39, 0.29) is 5.91 Å². The van der Waals surface area contributed by atoms with Gasteiger partial charge in [0.15, 0.2) is 0 Å². The van der Waals surface area contributed by atoms with Gasteiger partial charge in [0.1, 0.15) is 5.92 Å². The third-order valence-corrected chi connectivity index (χ3v) is 2.97. The van der Waals surface area contributed by atoms with Gasteiger partial charge in [-0.2, -0.15) is 0 Å². The maximum absolute atomic E-state index is 11.7. The molecule has 0 aromatic heterocycles. The van der Waals surface area contributed by atoms with Crippen molar-refractivity contribution in [2.75, 3.05) is 13.7 Å². The lowest BCUT2D eigenvalue weighted by Crippen LogP contribution is -2.36. The van der Waals surface area contributed by atoms with E-state index in [4.69, 9.17) is 0 Å². The molecule has 0 radical (unpaired) electrons. The highest BCUT2D eigenvalue weighted by Crippen LogP contribution is 2.20. The molecule has 14 heavy (non-hydrogen) atoms. The minimum atomic E-state index is -0.599. The molecule has 0 spiro atoms. The minimum Gasteiger partial charge on any atom is -0.468 e. The van der Waals surface area contributed by atoms with Crippen LogP contribution in [0.3, 0.4) is 0 Å². The molecule has 5 heteroatoms. The maximum atomic E-state index is 11.7. The first-order valence-corrected chi connectivity index (χ1v) is 5.32. The summed E-state index contributed by atoms with van der Waals surface area (Å²) in [5.74, 6) is -1.15. The molecule has 1 fully saturated rings. The Morgan fingerprint density at radius 3 is 2.86 bits per heavy atom. The normalized spacial score (nSPS) is 24.0. The topological polar surface area (TPSA) is 46.6 Å². The molecule has 2 unspecified atom stereocenters. The van der Waals surface area contributed by atoms with E-state index in [0.717, 1.165) is 19.3 Å². The van der Waals surface area contributed by atoms with Crippen molar-refractivity contribution in [1.82, 2.24) is 4.67 Å². The van der Waals surface area contributed by atoms with Crippen molar-refractivity contribution in [1.29, 1.82) is 0 Å². The van der Waals surface area contributed by atoms with Crippen molar-refractivity contribution >= 4 is 21.3 Å². The molecule has 0 aliphatic carbocycles. The van der Waals surface area contributed by atoms with Crippen LogP contribution in [-0.2, 0) is 14.3 Å². The molecule has 0 N–H and O–H groups in total. The molecule has 1 saturated heterocycles. The molecule has 2 atom stereocenters. The summed E-state index contributed by atoms with van der Waals surface area (Å²) < 4.78 is 6.15. The second-order valence-corrected chi connectivity index (χ2v) is 4.08. The SMILES string of the molecule is COC(=O)C1CCCCCN(P)C1=O. The summed E-state index contributed by atoms with van der Waals surface area (Å²) in [5, 5.41) is 0. The fraction of sp³-hybridized carbons (Fsp3) is 0.778. The first-order valence-electron chi connectivity index (χ1n) is 4.80. The number of carbonyl (C=O) groups is 2. The molecule has 1 heterocycles. The van der Waals surface area contributed by atoms with Crippen LogP contribution in [0.15, 0.2) is 0 Å². The van der Waals surface area contributed by atoms with Crippen LogP contribution >= 0.6 is 9.39 Å². The largest absolute Gasteiger partial charge is 0.468 e. The number of amides is 1. The number of carbonyl (C=O) groups excluding carboxylic acids is 2. The van der Waals surface area contributed by atoms with Crippen LogP contribution < -0.4 is 0 Å².